The van der Waals surface area contributed by atoms with Crippen molar-refractivity contribution in [1.82, 2.24) is 10.2 Å². The van der Waals surface area contributed by atoms with Gasteiger partial charge in [0.2, 0.25) is 0 Å². The van der Waals surface area contributed by atoms with Gasteiger partial charge in [0, 0.05) is 9.86 Å². The number of aromatic nitrogens is 2. The lowest BCUT2D eigenvalue weighted by atomic mass is 10.1. The van der Waals surface area contributed by atoms with Gasteiger partial charge >= 0.3 is 5.97 Å². The molecule has 1 aromatic heterocycles. The second kappa shape index (κ2) is 3.42. The van der Waals surface area contributed by atoms with Crippen LogP contribution in [-0.4, -0.2) is 23.3 Å². The summed E-state index contributed by atoms with van der Waals surface area (Å²) in [6.45, 7) is 0. The number of rotatable bonds is 1. The maximum Gasteiger partial charge on any atom is 0.338 e. The fourth-order valence-corrected chi connectivity index (χ4v) is 1.72. The molecule has 2 aromatic rings. The molecular weight excluding hydrogens is 248 g/mol. The molecule has 1 heterocycles. The van der Waals surface area contributed by atoms with E-state index in [4.69, 9.17) is 0 Å². The number of methoxy groups -OCH3 is 1. The van der Waals surface area contributed by atoms with Crippen LogP contribution in [0, 0.1) is 0 Å². The minimum Gasteiger partial charge on any atom is -0.465 e. The van der Waals surface area contributed by atoms with E-state index < -0.39 is 0 Å². The molecule has 0 aliphatic heterocycles. The number of ether oxygens (including phenoxy) is 1. The standard InChI is InChI=1S/C9H7BrN2O2/c1-14-9(13)5-2-3-7(10)8-6(5)4-11-12-8/h2-4H,1H3,(H,11,12). The third kappa shape index (κ3) is 1.29. The molecular formula is C9H7BrN2O2. The Balaban J connectivity index is 2.72. The summed E-state index contributed by atoms with van der Waals surface area (Å²) >= 11 is 3.36. The number of aromatic amines is 1. The number of halogens is 1. The Hall–Kier alpha value is -1.36. The SMILES string of the molecule is COC(=O)c1ccc(Br)c2[nH]ncc12. The van der Waals surface area contributed by atoms with Gasteiger partial charge < -0.3 is 4.74 Å². The first kappa shape index (κ1) is 9.21. The number of H-pyrrole nitrogens is 1. The van der Waals surface area contributed by atoms with E-state index in [1.165, 1.54) is 7.11 Å². The molecule has 14 heavy (non-hydrogen) atoms. The van der Waals surface area contributed by atoms with Crippen LogP contribution >= 0.6 is 15.9 Å². The third-order valence-electron chi connectivity index (χ3n) is 1.97. The molecule has 5 heteroatoms. The van der Waals surface area contributed by atoms with Crippen LogP contribution in [0.3, 0.4) is 0 Å². The Morgan fingerprint density at radius 1 is 1.57 bits per heavy atom. The molecule has 0 saturated heterocycles. The number of carbonyl (C=O) groups is 1. The molecule has 0 spiro atoms. The van der Waals surface area contributed by atoms with Gasteiger partial charge in [-0.1, -0.05) is 0 Å². The Bertz CT molecular complexity index is 493. The first-order chi connectivity index (χ1) is 6.74. The van der Waals surface area contributed by atoms with Crippen LogP contribution in [0.1, 0.15) is 10.4 Å². The Kier molecular flexibility index (Phi) is 2.25. The van der Waals surface area contributed by atoms with Crippen LogP contribution in [0.4, 0.5) is 0 Å². The molecule has 0 aliphatic rings. The van der Waals surface area contributed by atoms with Crippen molar-refractivity contribution in [3.63, 3.8) is 0 Å². The fourth-order valence-electron chi connectivity index (χ4n) is 1.29. The molecule has 1 N–H and O–H groups in total. The van der Waals surface area contributed by atoms with Gasteiger partial charge in [0.25, 0.3) is 0 Å². The average molecular weight is 255 g/mol. The summed E-state index contributed by atoms with van der Waals surface area (Å²) in [5.74, 6) is -0.358. The second-order valence-electron chi connectivity index (χ2n) is 2.75. The molecule has 0 amide bonds. The lowest BCUT2D eigenvalue weighted by Gasteiger charge is -2.01. The maximum absolute atomic E-state index is 11.4. The first-order valence-electron chi connectivity index (χ1n) is 3.94. The van der Waals surface area contributed by atoms with Crippen LogP contribution in [0.15, 0.2) is 22.8 Å². The van der Waals surface area contributed by atoms with Gasteiger partial charge in [0.15, 0.2) is 0 Å². The normalized spacial score (nSPS) is 10.4. The number of carbonyl (C=O) groups excluding carboxylic acids is 1. The highest BCUT2D eigenvalue weighted by Gasteiger charge is 2.12. The Morgan fingerprint density at radius 2 is 2.36 bits per heavy atom. The van der Waals surface area contributed by atoms with Crippen molar-refractivity contribution in [2.24, 2.45) is 0 Å². The van der Waals surface area contributed by atoms with Gasteiger partial charge in [-0.3, -0.25) is 5.10 Å². The van der Waals surface area contributed by atoms with E-state index in [2.05, 4.69) is 30.9 Å². The van der Waals surface area contributed by atoms with Crippen molar-refractivity contribution in [2.75, 3.05) is 7.11 Å². The molecule has 0 unspecified atom stereocenters. The van der Waals surface area contributed by atoms with Crippen LogP contribution in [0.25, 0.3) is 10.9 Å². The molecule has 0 atom stereocenters. The summed E-state index contributed by atoms with van der Waals surface area (Å²) < 4.78 is 5.53. The zero-order valence-corrected chi connectivity index (χ0v) is 8.96. The molecule has 72 valence electrons. The quantitative estimate of drug-likeness (QED) is 0.794. The molecule has 0 radical (unpaired) electrons. The number of benzene rings is 1. The predicted octanol–water partition coefficient (Wildman–Crippen LogP) is 2.11. The predicted molar refractivity (Wildman–Crippen MR) is 55.1 cm³/mol. The molecule has 0 aliphatic carbocycles. The van der Waals surface area contributed by atoms with Crippen molar-refractivity contribution >= 4 is 32.8 Å². The number of hydrogen-bond acceptors (Lipinski definition) is 3. The van der Waals surface area contributed by atoms with Gasteiger partial charge in [-0.15, -0.1) is 0 Å². The average Bonchev–Trinajstić information content (AvgIpc) is 2.67. The summed E-state index contributed by atoms with van der Waals surface area (Å²) in [6, 6.07) is 3.49. The lowest BCUT2D eigenvalue weighted by Crippen LogP contribution is -2.01. The molecule has 0 fully saturated rings. The summed E-state index contributed by atoms with van der Waals surface area (Å²) in [7, 11) is 1.36. The zero-order chi connectivity index (χ0) is 10.1. The number of fused-ring (bicyclic) bond motifs is 1. The van der Waals surface area contributed by atoms with Crippen LogP contribution in [0.5, 0.6) is 0 Å². The van der Waals surface area contributed by atoms with Gasteiger partial charge in [0.1, 0.15) is 0 Å². The van der Waals surface area contributed by atoms with Crippen LogP contribution < -0.4 is 0 Å². The van der Waals surface area contributed by atoms with Gasteiger partial charge in [-0.25, -0.2) is 4.79 Å². The van der Waals surface area contributed by atoms with E-state index in [9.17, 15) is 4.79 Å². The van der Waals surface area contributed by atoms with E-state index in [1.54, 1.807) is 18.3 Å². The van der Waals surface area contributed by atoms with E-state index in [0.29, 0.717) is 5.56 Å². The third-order valence-corrected chi connectivity index (χ3v) is 2.63. The largest absolute Gasteiger partial charge is 0.465 e. The second-order valence-corrected chi connectivity index (χ2v) is 3.60. The molecule has 4 nitrogen and oxygen atoms in total. The van der Waals surface area contributed by atoms with Gasteiger partial charge in [-0.05, 0) is 28.1 Å². The lowest BCUT2D eigenvalue weighted by molar-refractivity contribution is 0.0603. The highest BCUT2D eigenvalue weighted by atomic mass is 79.9. The minimum absolute atomic E-state index is 0.358. The van der Waals surface area contributed by atoms with Crippen molar-refractivity contribution in [1.29, 1.82) is 0 Å². The van der Waals surface area contributed by atoms with Gasteiger partial charge in [-0.2, -0.15) is 5.10 Å². The van der Waals surface area contributed by atoms with E-state index in [1.807, 2.05) is 0 Å². The number of nitrogens with zero attached hydrogens (tertiary/aromatic N) is 1. The van der Waals surface area contributed by atoms with E-state index >= 15 is 0 Å². The van der Waals surface area contributed by atoms with Gasteiger partial charge in [0.05, 0.1) is 24.4 Å². The van der Waals surface area contributed by atoms with Crippen molar-refractivity contribution < 1.29 is 9.53 Å². The molecule has 0 saturated carbocycles. The molecule has 0 bridgehead atoms. The van der Waals surface area contributed by atoms with Crippen molar-refractivity contribution in [2.45, 2.75) is 0 Å². The highest BCUT2D eigenvalue weighted by molar-refractivity contribution is 9.10. The number of hydrogen-bond donors (Lipinski definition) is 1. The first-order valence-corrected chi connectivity index (χ1v) is 4.73. The van der Waals surface area contributed by atoms with Crippen molar-refractivity contribution in [3.8, 4) is 0 Å². The summed E-state index contributed by atoms with van der Waals surface area (Å²) in [5, 5.41) is 7.44. The number of nitrogens with one attached hydrogen (secondary N) is 1. The molecule has 2 rings (SSSR count). The van der Waals surface area contributed by atoms with E-state index in [-0.39, 0.29) is 5.97 Å². The maximum atomic E-state index is 11.4. The van der Waals surface area contributed by atoms with Crippen molar-refractivity contribution in [3.05, 3.63) is 28.4 Å². The topological polar surface area (TPSA) is 55.0 Å². The summed E-state index contributed by atoms with van der Waals surface area (Å²) in [5.41, 5.74) is 1.31. The highest BCUT2D eigenvalue weighted by Crippen LogP contribution is 2.25. The fraction of sp³-hybridized carbons (Fsp3) is 0.111. The summed E-state index contributed by atoms with van der Waals surface area (Å²) in [6.07, 6.45) is 1.60. The smallest absolute Gasteiger partial charge is 0.338 e. The van der Waals surface area contributed by atoms with Crippen LogP contribution in [0.2, 0.25) is 0 Å². The van der Waals surface area contributed by atoms with E-state index in [0.717, 1.165) is 15.4 Å². The Morgan fingerprint density at radius 3 is 3.07 bits per heavy atom. The zero-order valence-electron chi connectivity index (χ0n) is 7.37. The van der Waals surface area contributed by atoms with Crippen LogP contribution in [-0.2, 0) is 4.74 Å². The molecule has 1 aromatic carbocycles. The monoisotopic (exact) mass is 254 g/mol. The summed E-state index contributed by atoms with van der Waals surface area (Å²) in [4.78, 5) is 11.4. The minimum atomic E-state index is -0.358. The number of esters is 1. The Labute approximate surface area is 88.4 Å².